The van der Waals surface area contributed by atoms with E-state index in [4.69, 9.17) is 9.47 Å². The van der Waals surface area contributed by atoms with Crippen LogP contribution in [0.15, 0.2) is 30.3 Å². The second-order valence-corrected chi connectivity index (χ2v) is 6.82. The van der Waals surface area contributed by atoms with E-state index in [2.05, 4.69) is 0 Å². The third-order valence-electron chi connectivity index (χ3n) is 3.43. The number of carbonyl (C=O) groups is 1. The summed E-state index contributed by atoms with van der Waals surface area (Å²) in [6.45, 7) is 4.89. The van der Waals surface area contributed by atoms with Crippen LogP contribution in [0.3, 0.4) is 0 Å². The lowest BCUT2D eigenvalue weighted by Gasteiger charge is -2.28. The van der Waals surface area contributed by atoms with Crippen LogP contribution < -0.4 is 0 Å². The molecule has 0 N–H and O–H groups in total. The highest BCUT2D eigenvalue weighted by molar-refractivity contribution is 5.69. The van der Waals surface area contributed by atoms with Crippen LogP contribution in [0.5, 0.6) is 0 Å². The van der Waals surface area contributed by atoms with Crippen molar-refractivity contribution in [1.82, 2.24) is 4.90 Å². The van der Waals surface area contributed by atoms with Crippen molar-refractivity contribution in [1.29, 1.82) is 0 Å². The van der Waals surface area contributed by atoms with E-state index in [1.165, 1.54) is 0 Å². The third kappa shape index (κ3) is 5.46. The molecule has 1 heterocycles. The van der Waals surface area contributed by atoms with Crippen LogP contribution in [0.2, 0.25) is 0 Å². The smallest absolute Gasteiger partial charge is 0.410 e. The van der Waals surface area contributed by atoms with Crippen molar-refractivity contribution in [2.75, 3.05) is 13.2 Å². The van der Waals surface area contributed by atoms with Crippen LogP contribution in [0.4, 0.5) is 13.6 Å². The minimum atomic E-state index is -2.91. The molecule has 0 aromatic heterocycles. The molecule has 0 aliphatic carbocycles. The molecule has 0 saturated carbocycles. The highest BCUT2D eigenvalue weighted by atomic mass is 19.3. The number of benzene rings is 1. The van der Waals surface area contributed by atoms with Crippen LogP contribution in [-0.4, -0.2) is 41.7 Å². The van der Waals surface area contributed by atoms with E-state index in [0.717, 1.165) is 10.5 Å². The first kappa shape index (κ1) is 17.7. The molecule has 1 fully saturated rings. The van der Waals surface area contributed by atoms with Crippen LogP contribution in [0, 0.1) is 0 Å². The number of rotatable bonds is 4. The third-order valence-corrected chi connectivity index (χ3v) is 3.43. The number of hydrogen-bond acceptors (Lipinski definition) is 3. The van der Waals surface area contributed by atoms with Crippen molar-refractivity contribution in [3.8, 4) is 0 Å². The van der Waals surface area contributed by atoms with E-state index >= 15 is 0 Å². The Labute approximate surface area is 135 Å². The Balaban J connectivity index is 1.93. The predicted molar refractivity (Wildman–Crippen MR) is 82.4 cm³/mol. The first-order valence-electron chi connectivity index (χ1n) is 7.65. The predicted octanol–water partition coefficient (Wildman–Crippen LogP) is 3.85. The topological polar surface area (TPSA) is 38.8 Å². The molecule has 0 spiro atoms. The molecule has 1 saturated heterocycles. The van der Waals surface area contributed by atoms with Crippen LogP contribution in [-0.2, 0) is 16.1 Å². The Bertz CT molecular complexity index is 528. The van der Waals surface area contributed by atoms with E-state index in [1.54, 1.807) is 20.8 Å². The highest BCUT2D eigenvalue weighted by Gasteiger charge is 2.48. The van der Waals surface area contributed by atoms with Gasteiger partial charge in [-0.05, 0) is 26.3 Å². The van der Waals surface area contributed by atoms with E-state index in [9.17, 15) is 13.6 Å². The second kappa shape index (κ2) is 6.83. The zero-order valence-corrected chi connectivity index (χ0v) is 13.7. The molecule has 4 nitrogen and oxygen atoms in total. The summed E-state index contributed by atoms with van der Waals surface area (Å²) in [5, 5.41) is 0. The lowest BCUT2D eigenvalue weighted by atomic mass is 10.2. The molecular formula is C17H23F2NO3. The van der Waals surface area contributed by atoms with Gasteiger partial charge < -0.3 is 9.47 Å². The summed E-state index contributed by atoms with van der Waals surface area (Å²) in [7, 11) is 0. The fraction of sp³-hybridized carbons (Fsp3) is 0.588. The van der Waals surface area contributed by atoms with Crippen molar-refractivity contribution < 1.29 is 23.0 Å². The largest absolute Gasteiger partial charge is 0.444 e. The van der Waals surface area contributed by atoms with Gasteiger partial charge in [0.25, 0.3) is 5.92 Å². The number of nitrogens with zero attached hydrogens (tertiary/aromatic N) is 1. The summed E-state index contributed by atoms with van der Waals surface area (Å²) in [5.41, 5.74) is 0.241. The van der Waals surface area contributed by atoms with Gasteiger partial charge in [0, 0.05) is 6.42 Å². The van der Waals surface area contributed by atoms with Crippen molar-refractivity contribution in [2.24, 2.45) is 0 Å². The fourth-order valence-corrected chi connectivity index (χ4v) is 2.47. The van der Waals surface area contributed by atoms with E-state index in [1.807, 2.05) is 30.3 Å². The number of amides is 1. The molecule has 0 radical (unpaired) electrons. The number of ether oxygens (including phenoxy) is 2. The van der Waals surface area contributed by atoms with E-state index in [0.29, 0.717) is 6.61 Å². The van der Waals surface area contributed by atoms with Crippen LogP contribution in [0.25, 0.3) is 0 Å². The molecule has 1 aliphatic rings. The average Bonchev–Trinajstić information content (AvgIpc) is 2.73. The van der Waals surface area contributed by atoms with E-state index in [-0.39, 0.29) is 6.61 Å². The maximum Gasteiger partial charge on any atom is 0.410 e. The van der Waals surface area contributed by atoms with Crippen LogP contribution in [0.1, 0.15) is 32.8 Å². The summed E-state index contributed by atoms with van der Waals surface area (Å²) in [6.07, 6.45) is -1.12. The van der Waals surface area contributed by atoms with Crippen molar-refractivity contribution in [2.45, 2.75) is 51.4 Å². The van der Waals surface area contributed by atoms with Crippen molar-refractivity contribution in [3.05, 3.63) is 35.9 Å². The molecule has 1 aromatic carbocycles. The Kier molecular flexibility index (Phi) is 5.24. The Hall–Kier alpha value is -1.69. The molecule has 23 heavy (non-hydrogen) atoms. The first-order valence-corrected chi connectivity index (χ1v) is 7.65. The van der Waals surface area contributed by atoms with Gasteiger partial charge in [0.2, 0.25) is 0 Å². The van der Waals surface area contributed by atoms with Gasteiger partial charge in [0.1, 0.15) is 5.60 Å². The van der Waals surface area contributed by atoms with Gasteiger partial charge in [0.15, 0.2) is 0 Å². The van der Waals surface area contributed by atoms with E-state index < -0.39 is 36.6 Å². The first-order chi connectivity index (χ1) is 10.7. The summed E-state index contributed by atoms with van der Waals surface area (Å²) >= 11 is 0. The number of alkyl halides is 2. The molecular weight excluding hydrogens is 304 g/mol. The zero-order valence-electron chi connectivity index (χ0n) is 13.7. The molecule has 6 heteroatoms. The Morgan fingerprint density at radius 2 is 1.96 bits per heavy atom. The fourth-order valence-electron chi connectivity index (χ4n) is 2.47. The number of halogens is 2. The maximum atomic E-state index is 13.7. The number of hydrogen-bond donors (Lipinski definition) is 0. The van der Waals surface area contributed by atoms with Gasteiger partial charge >= 0.3 is 6.09 Å². The Morgan fingerprint density at radius 1 is 1.30 bits per heavy atom. The lowest BCUT2D eigenvalue weighted by molar-refractivity contribution is -0.00388. The minimum Gasteiger partial charge on any atom is -0.444 e. The molecule has 1 atom stereocenters. The molecule has 1 unspecified atom stereocenters. The van der Waals surface area contributed by atoms with Crippen molar-refractivity contribution in [3.63, 3.8) is 0 Å². The van der Waals surface area contributed by atoms with Gasteiger partial charge in [-0.1, -0.05) is 30.3 Å². The normalized spacial score (nSPS) is 20.6. The molecule has 128 valence electrons. The molecule has 1 aromatic rings. The summed E-state index contributed by atoms with van der Waals surface area (Å²) in [5.74, 6) is -2.91. The quantitative estimate of drug-likeness (QED) is 0.843. The van der Waals surface area contributed by atoms with Gasteiger partial charge in [0.05, 0.1) is 25.8 Å². The summed E-state index contributed by atoms with van der Waals surface area (Å²) in [4.78, 5) is 13.2. The maximum absolute atomic E-state index is 13.7. The molecule has 1 aliphatic heterocycles. The molecule has 0 bridgehead atoms. The Morgan fingerprint density at radius 3 is 2.57 bits per heavy atom. The average molecular weight is 327 g/mol. The van der Waals surface area contributed by atoms with Crippen molar-refractivity contribution >= 4 is 6.09 Å². The van der Waals surface area contributed by atoms with Gasteiger partial charge in [-0.25, -0.2) is 13.6 Å². The SMILES string of the molecule is CC(C)(C)OC(=O)N1CC(F)(F)CC1COCc1ccccc1. The highest BCUT2D eigenvalue weighted by Crippen LogP contribution is 2.33. The van der Waals surface area contributed by atoms with Gasteiger partial charge in [-0.3, -0.25) is 4.90 Å². The van der Waals surface area contributed by atoms with Gasteiger partial charge in [-0.15, -0.1) is 0 Å². The van der Waals surface area contributed by atoms with Crippen LogP contribution >= 0.6 is 0 Å². The van der Waals surface area contributed by atoms with Gasteiger partial charge in [-0.2, -0.15) is 0 Å². The molecule has 2 rings (SSSR count). The lowest BCUT2D eigenvalue weighted by Crippen LogP contribution is -2.42. The monoisotopic (exact) mass is 327 g/mol. The number of likely N-dealkylation sites (tertiary alicyclic amines) is 1. The summed E-state index contributed by atoms with van der Waals surface area (Å²) in [6, 6.07) is 8.78. The zero-order chi connectivity index (χ0) is 17.1. The minimum absolute atomic E-state index is 0.0593. The second-order valence-electron chi connectivity index (χ2n) is 6.82. The standard InChI is InChI=1S/C17H23F2NO3/c1-16(2,3)23-15(21)20-12-17(18,19)9-14(20)11-22-10-13-7-5-4-6-8-13/h4-8,14H,9-12H2,1-3H3. The number of carbonyl (C=O) groups excluding carboxylic acids is 1. The summed E-state index contributed by atoms with van der Waals surface area (Å²) < 4.78 is 38.1. The molecule has 1 amide bonds.